The Morgan fingerprint density at radius 2 is 1.86 bits per heavy atom. The molecule has 0 aromatic heterocycles. The van der Waals surface area contributed by atoms with E-state index in [2.05, 4.69) is 31.2 Å². The molecule has 1 aromatic rings. The molecule has 0 aliphatic heterocycles. The molecule has 0 nitrogen and oxygen atoms in total. The lowest BCUT2D eigenvalue weighted by Gasteiger charge is -2.26. The van der Waals surface area contributed by atoms with Gasteiger partial charge in [-0.05, 0) is 48.6 Å². The van der Waals surface area contributed by atoms with Crippen LogP contribution in [0.5, 0.6) is 0 Å². The molecule has 1 aromatic carbocycles. The molecule has 3 fully saturated rings. The highest BCUT2D eigenvalue weighted by Gasteiger charge is 2.86. The summed E-state index contributed by atoms with van der Waals surface area (Å²) >= 11 is 0. The van der Waals surface area contributed by atoms with E-state index in [1.54, 1.807) is 5.56 Å². The summed E-state index contributed by atoms with van der Waals surface area (Å²) in [5.41, 5.74) is 3.94. The smallest absolute Gasteiger partial charge is 0.00523 e. The summed E-state index contributed by atoms with van der Waals surface area (Å²) in [6.07, 6.45) is 4.52. The first-order chi connectivity index (χ1) is 6.87. The van der Waals surface area contributed by atoms with Gasteiger partial charge in [0.05, 0.1) is 0 Å². The van der Waals surface area contributed by atoms with E-state index in [9.17, 15) is 0 Å². The van der Waals surface area contributed by atoms with Gasteiger partial charge in [-0.15, -0.1) is 0 Å². The predicted octanol–water partition coefficient (Wildman–Crippen LogP) is 3.29. The fraction of sp³-hybridized carbons (Fsp3) is 0.571. The van der Waals surface area contributed by atoms with E-state index in [4.69, 9.17) is 0 Å². The standard InChI is InChI=1S/C14H16/c1-9-5-2-3-6-10(9)14-11-7-4-8-12(14)13(11)14/h2-3,5-6,11-13H,4,7-8H2,1H3. The van der Waals surface area contributed by atoms with Crippen molar-refractivity contribution in [1.82, 2.24) is 0 Å². The van der Waals surface area contributed by atoms with E-state index in [1.165, 1.54) is 24.8 Å². The lowest BCUT2D eigenvalue weighted by molar-refractivity contribution is 0.314. The highest BCUT2D eigenvalue weighted by molar-refractivity contribution is 5.53. The van der Waals surface area contributed by atoms with Gasteiger partial charge in [-0.1, -0.05) is 30.7 Å². The van der Waals surface area contributed by atoms with E-state index in [-0.39, 0.29) is 0 Å². The van der Waals surface area contributed by atoms with Gasteiger partial charge < -0.3 is 0 Å². The maximum absolute atomic E-state index is 2.38. The van der Waals surface area contributed by atoms with E-state index in [0.29, 0.717) is 5.41 Å². The minimum atomic E-state index is 0.712. The van der Waals surface area contributed by atoms with Crippen LogP contribution in [0.15, 0.2) is 24.3 Å². The lowest BCUT2D eigenvalue weighted by atomic mass is 9.78. The highest BCUT2D eigenvalue weighted by Crippen LogP contribution is 2.88. The summed E-state index contributed by atoms with van der Waals surface area (Å²) in [5, 5.41) is 0. The van der Waals surface area contributed by atoms with E-state index >= 15 is 0 Å². The highest BCUT2D eigenvalue weighted by atomic mass is 14.9. The zero-order valence-corrected chi connectivity index (χ0v) is 8.66. The van der Waals surface area contributed by atoms with Gasteiger partial charge in [-0.25, -0.2) is 0 Å². The van der Waals surface area contributed by atoms with Crippen LogP contribution in [-0.4, -0.2) is 0 Å². The Bertz CT molecular complexity index is 383. The van der Waals surface area contributed by atoms with Crippen LogP contribution in [0.3, 0.4) is 0 Å². The Morgan fingerprint density at radius 3 is 2.50 bits per heavy atom. The molecule has 3 aliphatic carbocycles. The molecule has 0 amide bonds. The van der Waals surface area contributed by atoms with Crippen molar-refractivity contribution in [3.63, 3.8) is 0 Å². The molecule has 0 heteroatoms. The first-order valence-electron chi connectivity index (χ1n) is 5.93. The SMILES string of the molecule is Cc1ccccc1C12C3CCCC1C32. The minimum Gasteiger partial charge on any atom is -0.0620 e. The zero-order valence-electron chi connectivity index (χ0n) is 8.66. The van der Waals surface area contributed by atoms with Gasteiger partial charge in [-0.2, -0.15) is 0 Å². The zero-order chi connectivity index (χ0) is 9.34. The topological polar surface area (TPSA) is 0 Å². The molecule has 0 N–H and O–H groups in total. The average molecular weight is 184 g/mol. The van der Waals surface area contributed by atoms with Crippen LogP contribution >= 0.6 is 0 Å². The molecular formula is C14H16. The summed E-state index contributed by atoms with van der Waals surface area (Å²) in [6.45, 7) is 2.29. The van der Waals surface area contributed by atoms with Gasteiger partial charge in [-0.3, -0.25) is 0 Å². The molecule has 0 spiro atoms. The van der Waals surface area contributed by atoms with Crippen LogP contribution < -0.4 is 0 Å². The molecule has 0 heterocycles. The number of aryl methyl sites for hydroxylation is 1. The Morgan fingerprint density at radius 1 is 1.14 bits per heavy atom. The normalized spacial score (nSPS) is 47.1. The number of benzene rings is 1. The second-order valence-corrected chi connectivity index (χ2v) is 5.42. The minimum absolute atomic E-state index is 0.712. The molecule has 4 rings (SSSR count). The van der Waals surface area contributed by atoms with Crippen molar-refractivity contribution in [1.29, 1.82) is 0 Å². The fourth-order valence-corrected chi connectivity index (χ4v) is 4.49. The third-order valence-corrected chi connectivity index (χ3v) is 5.07. The molecule has 14 heavy (non-hydrogen) atoms. The number of rotatable bonds is 1. The molecule has 0 bridgehead atoms. The van der Waals surface area contributed by atoms with Crippen LogP contribution in [0.4, 0.5) is 0 Å². The van der Waals surface area contributed by atoms with Crippen LogP contribution in [0.2, 0.25) is 0 Å². The van der Waals surface area contributed by atoms with Crippen molar-refractivity contribution in [2.45, 2.75) is 31.6 Å². The van der Waals surface area contributed by atoms with Crippen molar-refractivity contribution in [3.05, 3.63) is 35.4 Å². The Hall–Kier alpha value is -0.780. The quantitative estimate of drug-likeness (QED) is 0.628. The van der Waals surface area contributed by atoms with Crippen LogP contribution in [0, 0.1) is 24.7 Å². The Balaban J connectivity index is 1.82. The van der Waals surface area contributed by atoms with Crippen molar-refractivity contribution in [3.8, 4) is 0 Å². The molecule has 2 unspecified atom stereocenters. The predicted molar refractivity (Wildman–Crippen MR) is 57.2 cm³/mol. The largest absolute Gasteiger partial charge is 0.0620 e. The van der Waals surface area contributed by atoms with Gasteiger partial charge in [0.25, 0.3) is 0 Å². The van der Waals surface area contributed by atoms with Crippen LogP contribution in [-0.2, 0) is 5.41 Å². The van der Waals surface area contributed by atoms with Gasteiger partial charge in [0.15, 0.2) is 0 Å². The third kappa shape index (κ3) is 0.599. The van der Waals surface area contributed by atoms with Crippen LogP contribution in [0.1, 0.15) is 30.4 Å². The van der Waals surface area contributed by atoms with Crippen molar-refractivity contribution < 1.29 is 0 Å². The van der Waals surface area contributed by atoms with Gasteiger partial charge >= 0.3 is 0 Å². The Labute approximate surface area is 85.3 Å². The first-order valence-corrected chi connectivity index (χ1v) is 5.93. The summed E-state index contributed by atoms with van der Waals surface area (Å²) in [6, 6.07) is 9.06. The number of hydrogen-bond donors (Lipinski definition) is 0. The second-order valence-electron chi connectivity index (χ2n) is 5.42. The Kier molecular flexibility index (Phi) is 1.11. The lowest BCUT2D eigenvalue weighted by Crippen LogP contribution is -2.19. The summed E-state index contributed by atoms with van der Waals surface area (Å²) in [4.78, 5) is 0. The van der Waals surface area contributed by atoms with Gasteiger partial charge in [0, 0.05) is 5.41 Å². The van der Waals surface area contributed by atoms with Gasteiger partial charge in [0.1, 0.15) is 0 Å². The number of hydrogen-bond acceptors (Lipinski definition) is 0. The molecule has 0 radical (unpaired) electrons. The average Bonchev–Trinajstić information content (AvgIpc) is 3.08. The fourth-order valence-electron chi connectivity index (χ4n) is 4.49. The number of fused-ring (bicyclic) bond motifs is 2. The molecular weight excluding hydrogens is 168 g/mol. The van der Waals surface area contributed by atoms with Crippen molar-refractivity contribution in [2.75, 3.05) is 0 Å². The maximum Gasteiger partial charge on any atom is 0.00523 e. The molecule has 72 valence electrons. The van der Waals surface area contributed by atoms with Crippen molar-refractivity contribution >= 4 is 0 Å². The molecule has 3 aliphatic rings. The summed E-state index contributed by atoms with van der Waals surface area (Å²) in [5.74, 6) is 3.28. The molecule has 2 atom stereocenters. The van der Waals surface area contributed by atoms with Crippen LogP contribution in [0.25, 0.3) is 0 Å². The third-order valence-electron chi connectivity index (χ3n) is 5.07. The van der Waals surface area contributed by atoms with Crippen molar-refractivity contribution in [2.24, 2.45) is 17.8 Å². The van der Waals surface area contributed by atoms with E-state index < -0.39 is 0 Å². The monoisotopic (exact) mass is 184 g/mol. The summed E-state index contributed by atoms with van der Waals surface area (Å²) < 4.78 is 0. The molecule has 3 saturated carbocycles. The molecule has 0 saturated heterocycles. The first kappa shape index (κ1) is 7.50. The van der Waals surface area contributed by atoms with E-state index in [1.807, 2.05) is 0 Å². The maximum atomic E-state index is 2.38. The van der Waals surface area contributed by atoms with Gasteiger partial charge in [0.2, 0.25) is 0 Å². The summed E-state index contributed by atoms with van der Waals surface area (Å²) in [7, 11) is 0. The van der Waals surface area contributed by atoms with E-state index in [0.717, 1.165) is 17.8 Å². The second kappa shape index (κ2) is 2.08.